The third-order valence-corrected chi connectivity index (χ3v) is 2.70. The van der Waals surface area contributed by atoms with E-state index < -0.39 is 0 Å². The fourth-order valence-electron chi connectivity index (χ4n) is 2.01. The van der Waals surface area contributed by atoms with Gasteiger partial charge in [-0.05, 0) is 19.1 Å². The normalized spacial score (nSPS) is 10.9. The molecule has 4 heteroatoms. The van der Waals surface area contributed by atoms with Crippen molar-refractivity contribution in [2.24, 2.45) is 0 Å². The van der Waals surface area contributed by atoms with Gasteiger partial charge in [-0.1, -0.05) is 12.1 Å². The summed E-state index contributed by atoms with van der Waals surface area (Å²) < 4.78 is 15.2. The largest absolute Gasteiger partial charge is 0.297 e. The molecule has 0 fully saturated rings. The topological polar surface area (TPSA) is 30.2 Å². The second kappa shape index (κ2) is 3.66. The van der Waals surface area contributed by atoms with Crippen molar-refractivity contribution in [1.82, 2.24) is 14.4 Å². The molecule has 0 spiro atoms. The highest BCUT2D eigenvalue weighted by molar-refractivity contribution is 5.66. The minimum absolute atomic E-state index is 0.245. The molecule has 0 saturated heterocycles. The Kier molecular flexibility index (Phi) is 2.14. The van der Waals surface area contributed by atoms with E-state index in [1.165, 1.54) is 12.1 Å². The Morgan fingerprint density at radius 3 is 3.00 bits per heavy atom. The second-order valence-electron chi connectivity index (χ2n) is 3.86. The lowest BCUT2D eigenvalue weighted by molar-refractivity contribution is 0.628. The maximum atomic E-state index is 13.2. The van der Waals surface area contributed by atoms with Crippen molar-refractivity contribution in [3.63, 3.8) is 0 Å². The summed E-state index contributed by atoms with van der Waals surface area (Å²) >= 11 is 0. The molecule has 2 heterocycles. The zero-order valence-electron chi connectivity index (χ0n) is 9.26. The van der Waals surface area contributed by atoms with Gasteiger partial charge in [-0.15, -0.1) is 0 Å². The molecule has 0 unspecified atom stereocenters. The van der Waals surface area contributed by atoms with Gasteiger partial charge in [-0.2, -0.15) is 0 Å². The summed E-state index contributed by atoms with van der Waals surface area (Å²) in [6.45, 7) is 1.91. The number of rotatable bonds is 1. The van der Waals surface area contributed by atoms with Crippen molar-refractivity contribution in [2.75, 3.05) is 0 Å². The molecule has 3 aromatic rings. The average molecular weight is 227 g/mol. The number of benzene rings is 1. The molecular formula is C13H10FN3. The van der Waals surface area contributed by atoms with Crippen LogP contribution < -0.4 is 0 Å². The van der Waals surface area contributed by atoms with Crippen molar-refractivity contribution in [3.8, 4) is 11.3 Å². The quantitative estimate of drug-likeness (QED) is 0.640. The second-order valence-corrected chi connectivity index (χ2v) is 3.86. The molecule has 0 radical (unpaired) electrons. The van der Waals surface area contributed by atoms with Gasteiger partial charge in [-0.3, -0.25) is 9.38 Å². The van der Waals surface area contributed by atoms with Crippen molar-refractivity contribution in [1.29, 1.82) is 0 Å². The molecular weight excluding hydrogens is 217 g/mol. The van der Waals surface area contributed by atoms with E-state index in [2.05, 4.69) is 9.97 Å². The fraction of sp³-hybridized carbons (Fsp3) is 0.0769. The van der Waals surface area contributed by atoms with Gasteiger partial charge in [0.05, 0.1) is 17.6 Å². The fourth-order valence-corrected chi connectivity index (χ4v) is 2.01. The van der Waals surface area contributed by atoms with E-state index in [4.69, 9.17) is 0 Å². The lowest BCUT2D eigenvalue weighted by Crippen LogP contribution is -1.90. The van der Waals surface area contributed by atoms with Gasteiger partial charge >= 0.3 is 0 Å². The van der Waals surface area contributed by atoms with E-state index in [-0.39, 0.29) is 5.82 Å². The monoisotopic (exact) mass is 227 g/mol. The smallest absolute Gasteiger partial charge is 0.156 e. The number of hydrogen-bond acceptors (Lipinski definition) is 2. The van der Waals surface area contributed by atoms with Crippen LogP contribution in [0.2, 0.25) is 0 Å². The molecule has 0 aliphatic heterocycles. The predicted molar refractivity (Wildman–Crippen MR) is 63.1 cm³/mol. The van der Waals surface area contributed by atoms with E-state index in [0.717, 1.165) is 22.6 Å². The lowest BCUT2D eigenvalue weighted by Gasteiger charge is -2.02. The number of fused-ring (bicyclic) bond motifs is 1. The van der Waals surface area contributed by atoms with Gasteiger partial charge in [0.25, 0.3) is 0 Å². The maximum Gasteiger partial charge on any atom is 0.156 e. The van der Waals surface area contributed by atoms with Gasteiger partial charge in [0, 0.05) is 18.0 Å². The molecule has 17 heavy (non-hydrogen) atoms. The summed E-state index contributed by atoms with van der Waals surface area (Å²) in [5.41, 5.74) is 3.36. The van der Waals surface area contributed by atoms with Gasteiger partial charge in [0.2, 0.25) is 0 Å². The number of aryl methyl sites for hydroxylation is 1. The van der Waals surface area contributed by atoms with Crippen LogP contribution in [-0.2, 0) is 0 Å². The third-order valence-electron chi connectivity index (χ3n) is 2.70. The van der Waals surface area contributed by atoms with Gasteiger partial charge in [-0.25, -0.2) is 9.37 Å². The number of halogens is 1. The minimum atomic E-state index is -0.245. The predicted octanol–water partition coefficient (Wildman–Crippen LogP) is 2.84. The van der Waals surface area contributed by atoms with Crippen LogP contribution in [0, 0.1) is 12.7 Å². The highest BCUT2D eigenvalue weighted by Crippen LogP contribution is 2.24. The van der Waals surface area contributed by atoms with Crippen LogP contribution in [-0.4, -0.2) is 14.4 Å². The minimum Gasteiger partial charge on any atom is -0.297 e. The number of hydrogen-bond donors (Lipinski definition) is 0. The first-order valence-corrected chi connectivity index (χ1v) is 5.30. The molecule has 0 amide bonds. The van der Waals surface area contributed by atoms with E-state index in [0.29, 0.717) is 0 Å². The van der Waals surface area contributed by atoms with Gasteiger partial charge in [0.15, 0.2) is 5.65 Å². The van der Waals surface area contributed by atoms with Crippen LogP contribution in [0.25, 0.3) is 16.9 Å². The van der Waals surface area contributed by atoms with E-state index in [9.17, 15) is 4.39 Å². The lowest BCUT2D eigenvalue weighted by atomic mass is 10.1. The van der Waals surface area contributed by atoms with Gasteiger partial charge < -0.3 is 0 Å². The summed E-state index contributed by atoms with van der Waals surface area (Å²) in [6.07, 6.45) is 5.21. The first kappa shape index (κ1) is 9.96. The summed E-state index contributed by atoms with van der Waals surface area (Å²) in [5.74, 6) is -0.245. The molecule has 0 bridgehead atoms. The standard InChI is InChI=1S/C13H10FN3/c1-9-13(10-3-2-4-11(14)7-10)17-6-5-15-8-12(17)16-9/h2-8H,1H3. The molecule has 0 atom stereocenters. The molecule has 0 N–H and O–H groups in total. The van der Waals surface area contributed by atoms with Crippen LogP contribution in [0.5, 0.6) is 0 Å². The summed E-state index contributed by atoms with van der Waals surface area (Å²) in [7, 11) is 0. The zero-order valence-corrected chi connectivity index (χ0v) is 9.26. The van der Waals surface area contributed by atoms with Gasteiger partial charge in [0.1, 0.15) is 5.82 Å². The van der Waals surface area contributed by atoms with E-state index >= 15 is 0 Å². The molecule has 2 aromatic heterocycles. The first-order chi connectivity index (χ1) is 8.25. The Labute approximate surface area is 97.6 Å². The van der Waals surface area contributed by atoms with Crippen LogP contribution in [0.1, 0.15) is 5.69 Å². The zero-order chi connectivity index (χ0) is 11.8. The number of aromatic nitrogens is 3. The van der Waals surface area contributed by atoms with Crippen LogP contribution >= 0.6 is 0 Å². The summed E-state index contributed by atoms with van der Waals surface area (Å²) in [6, 6.07) is 6.52. The maximum absolute atomic E-state index is 13.2. The van der Waals surface area contributed by atoms with Crippen LogP contribution in [0.15, 0.2) is 42.9 Å². The van der Waals surface area contributed by atoms with Crippen molar-refractivity contribution >= 4 is 5.65 Å². The molecule has 3 rings (SSSR count). The molecule has 3 nitrogen and oxygen atoms in total. The SMILES string of the molecule is Cc1nc2cnccn2c1-c1cccc(F)c1. The Hall–Kier alpha value is -2.23. The Balaban J connectivity index is 2.33. The number of nitrogens with zero attached hydrogens (tertiary/aromatic N) is 3. The molecule has 84 valence electrons. The van der Waals surface area contributed by atoms with Crippen molar-refractivity contribution in [3.05, 3.63) is 54.4 Å². The van der Waals surface area contributed by atoms with E-state index in [1.807, 2.05) is 23.6 Å². The summed E-state index contributed by atoms with van der Waals surface area (Å²) in [5, 5.41) is 0. The molecule has 0 aliphatic carbocycles. The highest BCUT2D eigenvalue weighted by Gasteiger charge is 2.10. The van der Waals surface area contributed by atoms with Crippen LogP contribution in [0.3, 0.4) is 0 Å². The molecule has 1 aromatic carbocycles. The van der Waals surface area contributed by atoms with E-state index in [1.54, 1.807) is 18.5 Å². The molecule has 0 aliphatic rings. The summed E-state index contributed by atoms with van der Waals surface area (Å²) in [4.78, 5) is 8.42. The molecule has 0 saturated carbocycles. The highest BCUT2D eigenvalue weighted by atomic mass is 19.1. The number of imidazole rings is 1. The van der Waals surface area contributed by atoms with Crippen LogP contribution in [0.4, 0.5) is 4.39 Å². The first-order valence-electron chi connectivity index (χ1n) is 5.30. The van der Waals surface area contributed by atoms with Crippen molar-refractivity contribution in [2.45, 2.75) is 6.92 Å². The Morgan fingerprint density at radius 2 is 2.18 bits per heavy atom. The van der Waals surface area contributed by atoms with Crippen molar-refractivity contribution < 1.29 is 4.39 Å². The Morgan fingerprint density at radius 1 is 1.29 bits per heavy atom. The Bertz CT molecular complexity index is 688. The average Bonchev–Trinajstić information content (AvgIpc) is 2.64. The third kappa shape index (κ3) is 1.58.